The van der Waals surface area contributed by atoms with Gasteiger partial charge in [0.2, 0.25) is 5.91 Å². The van der Waals surface area contributed by atoms with E-state index in [-0.39, 0.29) is 18.4 Å². The van der Waals surface area contributed by atoms with Crippen LogP contribution in [0.1, 0.15) is 19.3 Å². The Morgan fingerprint density at radius 1 is 1.23 bits per heavy atom. The Morgan fingerprint density at radius 3 is 2.68 bits per heavy atom. The van der Waals surface area contributed by atoms with Crippen molar-refractivity contribution in [3.63, 3.8) is 0 Å². The van der Waals surface area contributed by atoms with Crippen LogP contribution in [-0.2, 0) is 11.8 Å². The van der Waals surface area contributed by atoms with Crippen molar-refractivity contribution < 1.29 is 18.0 Å². The first kappa shape index (κ1) is 21.2. The van der Waals surface area contributed by atoms with Crippen molar-refractivity contribution in [3.8, 4) is 11.4 Å². The van der Waals surface area contributed by atoms with Crippen molar-refractivity contribution in [2.24, 2.45) is 13.0 Å². The molecule has 4 rings (SSSR count). The maximum Gasteiger partial charge on any atom is 0.390 e. The fraction of sp³-hybridized carbons (Fsp3) is 0.450. The number of likely N-dealkylation sites (tertiary alicyclic amines) is 1. The van der Waals surface area contributed by atoms with Crippen LogP contribution in [-0.4, -0.2) is 61.6 Å². The van der Waals surface area contributed by atoms with Gasteiger partial charge in [0.25, 0.3) is 0 Å². The third-order valence-corrected chi connectivity index (χ3v) is 5.47. The predicted octanol–water partition coefficient (Wildman–Crippen LogP) is 3.03. The number of halogens is 3. The van der Waals surface area contributed by atoms with Crippen LogP contribution in [0.3, 0.4) is 0 Å². The van der Waals surface area contributed by atoms with Gasteiger partial charge in [0, 0.05) is 37.2 Å². The second-order valence-electron chi connectivity index (χ2n) is 7.67. The number of carbonyl (C=O) groups excluding carboxylic acids is 1. The van der Waals surface area contributed by atoms with Crippen LogP contribution in [0.4, 0.5) is 19.0 Å². The zero-order valence-electron chi connectivity index (χ0n) is 16.9. The Bertz CT molecular complexity index is 1070. The molecule has 1 fully saturated rings. The van der Waals surface area contributed by atoms with Crippen molar-refractivity contribution >= 4 is 22.6 Å². The van der Waals surface area contributed by atoms with E-state index in [4.69, 9.17) is 0 Å². The molecule has 3 aromatic heterocycles. The third kappa shape index (κ3) is 5.16. The summed E-state index contributed by atoms with van der Waals surface area (Å²) in [7, 11) is 1.78. The van der Waals surface area contributed by atoms with E-state index in [1.54, 1.807) is 35.1 Å². The van der Waals surface area contributed by atoms with E-state index in [1.165, 1.54) is 0 Å². The summed E-state index contributed by atoms with van der Waals surface area (Å²) in [6.07, 6.45) is -0.672. The first-order chi connectivity index (χ1) is 14.8. The molecule has 0 unspecified atom stereocenters. The Labute approximate surface area is 176 Å². The van der Waals surface area contributed by atoms with Gasteiger partial charge in [-0.2, -0.15) is 13.2 Å². The van der Waals surface area contributed by atoms with E-state index >= 15 is 0 Å². The Balaban J connectivity index is 1.39. The standard InChI is InChI=1S/C20H22F3N7O/c1-29-17(12-25-28-29)15-3-2-14-11-24-18(10-16(14)26-15)27-19(31)13-4-7-30(8-5-13)9-6-20(21,22)23/h2-3,10-13H,4-9H2,1H3,(H,24,27,31). The lowest BCUT2D eigenvalue weighted by Crippen LogP contribution is -2.39. The number of rotatable bonds is 5. The minimum absolute atomic E-state index is 0.0236. The maximum atomic E-state index is 12.6. The number of aromatic nitrogens is 5. The molecule has 0 bridgehead atoms. The van der Waals surface area contributed by atoms with Gasteiger partial charge in [0.15, 0.2) is 0 Å². The zero-order chi connectivity index (χ0) is 22.0. The normalized spacial score (nSPS) is 16.0. The van der Waals surface area contributed by atoms with Gasteiger partial charge >= 0.3 is 6.18 Å². The highest BCUT2D eigenvalue weighted by Gasteiger charge is 2.30. The van der Waals surface area contributed by atoms with Gasteiger partial charge in [-0.05, 0) is 38.1 Å². The Morgan fingerprint density at radius 2 is 2.00 bits per heavy atom. The number of hydrogen-bond donors (Lipinski definition) is 1. The lowest BCUT2D eigenvalue weighted by atomic mass is 9.96. The van der Waals surface area contributed by atoms with Crippen molar-refractivity contribution in [1.29, 1.82) is 0 Å². The van der Waals surface area contributed by atoms with E-state index in [0.29, 0.717) is 43.0 Å². The number of fused-ring (bicyclic) bond motifs is 1. The summed E-state index contributed by atoms with van der Waals surface area (Å²) in [6, 6.07) is 5.45. The smallest absolute Gasteiger partial charge is 0.310 e. The molecule has 4 heterocycles. The summed E-state index contributed by atoms with van der Waals surface area (Å²) in [6.45, 7) is 0.927. The average molecular weight is 433 g/mol. The van der Waals surface area contributed by atoms with E-state index in [0.717, 1.165) is 11.1 Å². The van der Waals surface area contributed by atoms with Gasteiger partial charge in [-0.1, -0.05) is 5.21 Å². The van der Waals surface area contributed by atoms with Gasteiger partial charge in [0.1, 0.15) is 11.5 Å². The molecule has 164 valence electrons. The predicted molar refractivity (Wildman–Crippen MR) is 108 cm³/mol. The van der Waals surface area contributed by atoms with Gasteiger partial charge in [-0.15, -0.1) is 5.10 Å². The van der Waals surface area contributed by atoms with E-state index < -0.39 is 12.6 Å². The zero-order valence-corrected chi connectivity index (χ0v) is 16.9. The molecular weight excluding hydrogens is 411 g/mol. The van der Waals surface area contributed by atoms with Crippen molar-refractivity contribution in [2.45, 2.75) is 25.4 Å². The van der Waals surface area contributed by atoms with Crippen LogP contribution in [0, 0.1) is 5.92 Å². The fourth-order valence-electron chi connectivity index (χ4n) is 3.68. The van der Waals surface area contributed by atoms with Crippen molar-refractivity contribution in [3.05, 3.63) is 30.6 Å². The number of amides is 1. The molecule has 1 amide bonds. The topological polar surface area (TPSA) is 88.8 Å². The molecule has 0 aromatic carbocycles. The lowest BCUT2D eigenvalue weighted by molar-refractivity contribution is -0.139. The molecule has 1 aliphatic heterocycles. The van der Waals surface area contributed by atoms with Crippen LogP contribution >= 0.6 is 0 Å². The first-order valence-corrected chi connectivity index (χ1v) is 10.0. The van der Waals surface area contributed by atoms with Crippen LogP contribution in [0.2, 0.25) is 0 Å². The molecule has 0 saturated carbocycles. The summed E-state index contributed by atoms with van der Waals surface area (Å²) in [4.78, 5) is 23.3. The first-order valence-electron chi connectivity index (χ1n) is 10.0. The summed E-state index contributed by atoms with van der Waals surface area (Å²) < 4.78 is 38.8. The number of hydrogen-bond acceptors (Lipinski definition) is 6. The van der Waals surface area contributed by atoms with E-state index in [1.807, 2.05) is 12.1 Å². The van der Waals surface area contributed by atoms with E-state index in [9.17, 15) is 18.0 Å². The summed E-state index contributed by atoms with van der Waals surface area (Å²) in [5, 5.41) is 11.4. The highest BCUT2D eigenvalue weighted by atomic mass is 19.4. The van der Waals surface area contributed by atoms with Gasteiger partial charge in [-0.25, -0.2) is 14.6 Å². The Kier molecular flexibility index (Phi) is 5.86. The van der Waals surface area contributed by atoms with E-state index in [2.05, 4.69) is 25.6 Å². The number of nitrogens with zero attached hydrogens (tertiary/aromatic N) is 6. The number of pyridine rings is 2. The summed E-state index contributed by atoms with van der Waals surface area (Å²) in [5.74, 6) is -0.0291. The van der Waals surface area contributed by atoms with Crippen LogP contribution in [0.15, 0.2) is 30.6 Å². The molecule has 3 aromatic rings. The minimum atomic E-state index is -4.16. The monoisotopic (exact) mass is 433 g/mol. The summed E-state index contributed by atoms with van der Waals surface area (Å²) in [5.41, 5.74) is 2.14. The maximum absolute atomic E-state index is 12.6. The minimum Gasteiger partial charge on any atom is -0.310 e. The molecule has 8 nitrogen and oxygen atoms in total. The number of piperidine rings is 1. The highest BCUT2D eigenvalue weighted by Crippen LogP contribution is 2.25. The molecule has 0 radical (unpaired) electrons. The molecular formula is C20H22F3N7O. The fourth-order valence-corrected chi connectivity index (χ4v) is 3.68. The third-order valence-electron chi connectivity index (χ3n) is 5.47. The van der Waals surface area contributed by atoms with Crippen LogP contribution < -0.4 is 5.32 Å². The number of carbonyl (C=O) groups is 1. The second kappa shape index (κ2) is 8.58. The van der Waals surface area contributed by atoms with Gasteiger partial charge < -0.3 is 10.2 Å². The number of aryl methyl sites for hydroxylation is 1. The lowest BCUT2D eigenvalue weighted by Gasteiger charge is -2.31. The molecule has 1 aliphatic rings. The largest absolute Gasteiger partial charge is 0.390 e. The average Bonchev–Trinajstić information content (AvgIpc) is 3.17. The van der Waals surface area contributed by atoms with Gasteiger partial charge in [-0.3, -0.25) is 4.79 Å². The quantitative estimate of drug-likeness (QED) is 0.666. The molecule has 0 aliphatic carbocycles. The summed E-state index contributed by atoms with van der Waals surface area (Å²) >= 11 is 0. The molecule has 0 atom stereocenters. The van der Waals surface area contributed by atoms with Crippen LogP contribution in [0.5, 0.6) is 0 Å². The molecule has 1 saturated heterocycles. The molecule has 11 heteroatoms. The number of nitrogens with one attached hydrogen (secondary N) is 1. The van der Waals surface area contributed by atoms with Crippen molar-refractivity contribution in [2.75, 3.05) is 25.0 Å². The molecule has 1 N–H and O–H groups in total. The second-order valence-corrected chi connectivity index (χ2v) is 7.67. The SMILES string of the molecule is Cn1nncc1-c1ccc2cnc(NC(=O)C3CCN(CCC(F)(F)F)CC3)cc2n1. The molecule has 0 spiro atoms. The number of anilines is 1. The van der Waals surface area contributed by atoms with Crippen LogP contribution in [0.25, 0.3) is 22.3 Å². The number of alkyl halides is 3. The van der Waals surface area contributed by atoms with Gasteiger partial charge in [0.05, 0.1) is 23.8 Å². The molecule has 31 heavy (non-hydrogen) atoms. The highest BCUT2D eigenvalue weighted by molar-refractivity contribution is 5.93. The van der Waals surface area contributed by atoms with Crippen molar-refractivity contribution in [1.82, 2.24) is 29.9 Å². The Hall–Kier alpha value is -3.08.